The van der Waals surface area contributed by atoms with Crippen LogP contribution in [0.1, 0.15) is 63.4 Å². The molecule has 0 aliphatic heterocycles. The Bertz CT molecular complexity index is 788. The summed E-state index contributed by atoms with van der Waals surface area (Å²) in [5.74, 6) is -0.657. The van der Waals surface area contributed by atoms with E-state index in [1.165, 1.54) is 50.5 Å². The standard InChI is InChI=1S/C25H28F3/c1-2-3-16-4-5-21-13-20(11-10-19(21)12-16)17-6-8-18(9-7-17)22-14-23(26)25(28)24(27)15-22/h6-9,11,14-16,19-21H,2-5,10,12-13H2,1H3/q-1/t16-,19-,20+,21+/m0/s1. The monoisotopic (exact) mass is 385 g/mol. The molecule has 2 aromatic rings. The van der Waals surface area contributed by atoms with Crippen molar-refractivity contribution in [1.29, 1.82) is 0 Å². The zero-order chi connectivity index (χ0) is 19.7. The zero-order valence-electron chi connectivity index (χ0n) is 16.4. The molecule has 2 aromatic carbocycles. The largest absolute Gasteiger partial charge is 0.321 e. The molecule has 28 heavy (non-hydrogen) atoms. The molecule has 2 aliphatic carbocycles. The number of hydrogen-bond donors (Lipinski definition) is 0. The van der Waals surface area contributed by atoms with E-state index in [1.807, 2.05) is 12.1 Å². The molecular weight excluding hydrogens is 357 g/mol. The van der Waals surface area contributed by atoms with Crippen molar-refractivity contribution in [3.05, 3.63) is 65.8 Å². The molecule has 0 heterocycles. The van der Waals surface area contributed by atoms with Crippen LogP contribution in [0, 0.1) is 41.6 Å². The van der Waals surface area contributed by atoms with E-state index < -0.39 is 17.5 Å². The summed E-state index contributed by atoms with van der Waals surface area (Å²) in [6.07, 6.45) is 11.7. The molecule has 0 saturated heterocycles. The maximum absolute atomic E-state index is 13.5. The molecule has 0 nitrogen and oxygen atoms in total. The van der Waals surface area contributed by atoms with Crippen molar-refractivity contribution in [3.8, 4) is 11.1 Å². The minimum absolute atomic E-state index is 0.366. The second kappa shape index (κ2) is 8.31. The van der Waals surface area contributed by atoms with E-state index in [2.05, 4.69) is 25.5 Å². The summed E-state index contributed by atoms with van der Waals surface area (Å²) in [5, 5.41) is 0. The molecule has 2 fully saturated rings. The van der Waals surface area contributed by atoms with Crippen molar-refractivity contribution in [3.63, 3.8) is 0 Å². The Morgan fingerprint density at radius 1 is 0.893 bits per heavy atom. The first-order valence-electron chi connectivity index (χ1n) is 10.6. The molecule has 3 heteroatoms. The van der Waals surface area contributed by atoms with Gasteiger partial charge >= 0.3 is 0 Å². The second-order valence-corrected chi connectivity index (χ2v) is 8.68. The lowest BCUT2D eigenvalue weighted by atomic mass is 9.63. The van der Waals surface area contributed by atoms with E-state index in [0.717, 1.165) is 29.9 Å². The van der Waals surface area contributed by atoms with E-state index in [0.29, 0.717) is 17.0 Å². The fraction of sp³-hybridized carbons (Fsp3) is 0.480. The minimum Gasteiger partial charge on any atom is -0.321 e. The van der Waals surface area contributed by atoms with E-state index in [4.69, 9.17) is 0 Å². The van der Waals surface area contributed by atoms with Crippen molar-refractivity contribution in [2.24, 2.45) is 17.8 Å². The van der Waals surface area contributed by atoms with Gasteiger partial charge in [0.05, 0.1) is 0 Å². The molecule has 0 radical (unpaired) electrons. The van der Waals surface area contributed by atoms with E-state index in [9.17, 15) is 13.2 Å². The predicted octanol–water partition coefficient (Wildman–Crippen LogP) is 7.69. The molecule has 2 aliphatic rings. The number of hydrogen-bond acceptors (Lipinski definition) is 0. The van der Waals surface area contributed by atoms with Crippen LogP contribution in [0.2, 0.25) is 0 Å². The predicted molar refractivity (Wildman–Crippen MR) is 107 cm³/mol. The summed E-state index contributed by atoms with van der Waals surface area (Å²) in [6, 6.07) is 10.00. The molecule has 2 saturated carbocycles. The number of rotatable bonds is 4. The Labute approximate surface area is 166 Å². The quantitative estimate of drug-likeness (QED) is 0.374. The van der Waals surface area contributed by atoms with Crippen LogP contribution >= 0.6 is 0 Å². The van der Waals surface area contributed by atoms with Gasteiger partial charge in [0.25, 0.3) is 0 Å². The van der Waals surface area contributed by atoms with Crippen LogP contribution in [0.3, 0.4) is 0 Å². The lowest BCUT2D eigenvalue weighted by Crippen LogP contribution is -2.30. The van der Waals surface area contributed by atoms with Crippen molar-refractivity contribution in [2.75, 3.05) is 0 Å². The molecule has 0 spiro atoms. The average Bonchev–Trinajstić information content (AvgIpc) is 2.71. The number of fused-ring (bicyclic) bond motifs is 1. The first-order chi connectivity index (χ1) is 13.5. The normalized spacial score (nSPS) is 27.4. The van der Waals surface area contributed by atoms with Crippen molar-refractivity contribution >= 4 is 0 Å². The third kappa shape index (κ3) is 3.99. The van der Waals surface area contributed by atoms with Gasteiger partial charge in [0.1, 0.15) is 0 Å². The SMILES string of the molecule is CCC[C@H]1CC[C@@H]2C[C@H](c3ccc(-c4cc(F)c(F)c(F)c4)cc3)[CH-]C[C@H]2C1. The number of halogens is 3. The van der Waals surface area contributed by atoms with E-state index in [-0.39, 0.29) is 0 Å². The van der Waals surface area contributed by atoms with Crippen molar-refractivity contribution < 1.29 is 13.2 Å². The van der Waals surface area contributed by atoms with E-state index in [1.54, 1.807) is 0 Å². The molecule has 0 amide bonds. The van der Waals surface area contributed by atoms with Gasteiger partial charge in [-0.05, 0) is 41.5 Å². The lowest BCUT2D eigenvalue weighted by molar-refractivity contribution is 0.135. The van der Waals surface area contributed by atoms with Crippen LogP contribution in [-0.2, 0) is 0 Å². The highest BCUT2D eigenvalue weighted by molar-refractivity contribution is 5.64. The van der Waals surface area contributed by atoms with Gasteiger partial charge in [-0.1, -0.05) is 74.8 Å². The van der Waals surface area contributed by atoms with Crippen LogP contribution in [0.4, 0.5) is 13.2 Å². The van der Waals surface area contributed by atoms with Gasteiger partial charge in [-0.25, -0.2) is 13.2 Å². The molecule has 150 valence electrons. The Morgan fingerprint density at radius 2 is 1.61 bits per heavy atom. The molecule has 4 rings (SSSR count). The van der Waals surface area contributed by atoms with Crippen LogP contribution in [0.15, 0.2) is 36.4 Å². The Hall–Kier alpha value is -1.77. The van der Waals surface area contributed by atoms with Crippen LogP contribution in [0.25, 0.3) is 11.1 Å². The zero-order valence-corrected chi connectivity index (χ0v) is 16.4. The van der Waals surface area contributed by atoms with Crippen molar-refractivity contribution in [2.45, 2.75) is 57.8 Å². The molecular formula is C25H28F3-. The van der Waals surface area contributed by atoms with Gasteiger partial charge < -0.3 is 6.42 Å². The summed E-state index contributed by atoms with van der Waals surface area (Å²) in [5.41, 5.74) is 2.33. The fourth-order valence-electron chi connectivity index (χ4n) is 5.37. The highest BCUT2D eigenvalue weighted by Crippen LogP contribution is 2.48. The summed E-state index contributed by atoms with van der Waals surface area (Å²) in [6.45, 7) is 2.29. The van der Waals surface area contributed by atoms with E-state index >= 15 is 0 Å². The van der Waals surface area contributed by atoms with Gasteiger partial charge in [-0.15, -0.1) is 5.92 Å². The van der Waals surface area contributed by atoms with Gasteiger partial charge in [-0.2, -0.15) is 6.42 Å². The molecule has 0 bridgehead atoms. The van der Waals surface area contributed by atoms with Crippen LogP contribution < -0.4 is 0 Å². The first-order valence-corrected chi connectivity index (χ1v) is 10.6. The van der Waals surface area contributed by atoms with Crippen molar-refractivity contribution in [1.82, 2.24) is 0 Å². The molecule has 0 N–H and O–H groups in total. The molecule has 0 unspecified atom stereocenters. The highest BCUT2D eigenvalue weighted by Gasteiger charge is 2.31. The van der Waals surface area contributed by atoms with Gasteiger partial charge in [0, 0.05) is 0 Å². The topological polar surface area (TPSA) is 0 Å². The fourth-order valence-corrected chi connectivity index (χ4v) is 5.37. The van der Waals surface area contributed by atoms with Gasteiger partial charge in [0.2, 0.25) is 0 Å². The maximum Gasteiger partial charge on any atom is 0.194 e. The highest BCUT2D eigenvalue weighted by atomic mass is 19.2. The number of benzene rings is 2. The lowest BCUT2D eigenvalue weighted by Gasteiger charge is -2.47. The second-order valence-electron chi connectivity index (χ2n) is 8.68. The Morgan fingerprint density at radius 3 is 2.29 bits per heavy atom. The van der Waals surface area contributed by atoms with Gasteiger partial charge in [-0.3, -0.25) is 0 Å². The molecule has 0 aromatic heterocycles. The minimum atomic E-state index is -1.42. The smallest absolute Gasteiger partial charge is 0.194 e. The Balaban J connectivity index is 1.44. The summed E-state index contributed by atoms with van der Waals surface area (Å²) in [7, 11) is 0. The summed E-state index contributed by atoms with van der Waals surface area (Å²) in [4.78, 5) is 0. The summed E-state index contributed by atoms with van der Waals surface area (Å²) >= 11 is 0. The van der Waals surface area contributed by atoms with Crippen LogP contribution in [0.5, 0.6) is 0 Å². The third-order valence-corrected chi connectivity index (χ3v) is 6.88. The average molecular weight is 385 g/mol. The third-order valence-electron chi connectivity index (χ3n) is 6.88. The first kappa shape index (κ1) is 19.5. The Kier molecular flexibility index (Phi) is 5.80. The maximum atomic E-state index is 13.5. The molecule has 4 atom stereocenters. The summed E-state index contributed by atoms with van der Waals surface area (Å²) < 4.78 is 40.2. The van der Waals surface area contributed by atoms with Crippen LogP contribution in [-0.4, -0.2) is 0 Å². The van der Waals surface area contributed by atoms with Gasteiger partial charge in [0.15, 0.2) is 17.5 Å².